The summed E-state index contributed by atoms with van der Waals surface area (Å²) in [7, 11) is -7.35. The molecule has 3 N–H and O–H groups in total. The van der Waals surface area contributed by atoms with Gasteiger partial charge in [0.2, 0.25) is 10.0 Å². The summed E-state index contributed by atoms with van der Waals surface area (Å²) in [4.78, 5) is -0.0570. The average Bonchev–Trinajstić information content (AvgIpc) is 2.39. The summed E-state index contributed by atoms with van der Waals surface area (Å²) in [6.07, 6.45) is 2.74. The van der Waals surface area contributed by atoms with Gasteiger partial charge in [-0.05, 0) is 37.1 Å². The van der Waals surface area contributed by atoms with Crippen molar-refractivity contribution < 1.29 is 16.8 Å². The maximum atomic E-state index is 12.1. The SMILES string of the molecule is NS(=O)(=O)c1ccc(NS(=O)(=O)N2CCCCC2)cc1. The largest absolute Gasteiger partial charge is 0.301 e. The molecule has 1 aliphatic heterocycles. The number of primary sulfonamides is 1. The monoisotopic (exact) mass is 319 g/mol. The van der Waals surface area contributed by atoms with Gasteiger partial charge in [0.1, 0.15) is 0 Å². The van der Waals surface area contributed by atoms with E-state index in [1.54, 1.807) is 0 Å². The van der Waals surface area contributed by atoms with Crippen LogP contribution in [-0.2, 0) is 20.2 Å². The second kappa shape index (κ2) is 5.68. The fraction of sp³-hybridized carbons (Fsp3) is 0.455. The third kappa shape index (κ3) is 3.69. The van der Waals surface area contributed by atoms with Gasteiger partial charge < -0.3 is 0 Å². The second-order valence-electron chi connectivity index (χ2n) is 4.64. The smallest absolute Gasteiger partial charge is 0.271 e. The molecule has 0 aromatic heterocycles. The van der Waals surface area contributed by atoms with Gasteiger partial charge in [-0.15, -0.1) is 0 Å². The van der Waals surface area contributed by atoms with Crippen LogP contribution in [0.4, 0.5) is 5.69 Å². The Bertz CT molecular complexity index is 662. The fourth-order valence-corrected chi connectivity index (χ4v) is 3.85. The Morgan fingerprint density at radius 1 is 0.950 bits per heavy atom. The predicted molar refractivity (Wildman–Crippen MR) is 75.8 cm³/mol. The van der Waals surface area contributed by atoms with Crippen molar-refractivity contribution in [2.75, 3.05) is 17.8 Å². The molecule has 112 valence electrons. The molecule has 0 atom stereocenters. The summed E-state index contributed by atoms with van der Waals surface area (Å²) in [5.41, 5.74) is 0.308. The molecule has 0 bridgehead atoms. The molecular weight excluding hydrogens is 302 g/mol. The molecule has 0 unspecified atom stereocenters. The van der Waals surface area contributed by atoms with Crippen LogP contribution in [0.3, 0.4) is 0 Å². The quantitative estimate of drug-likeness (QED) is 0.841. The number of piperidine rings is 1. The number of hydrogen-bond donors (Lipinski definition) is 2. The summed E-state index contributed by atoms with van der Waals surface area (Å²) in [5.74, 6) is 0. The van der Waals surface area contributed by atoms with Crippen molar-refractivity contribution in [1.29, 1.82) is 0 Å². The van der Waals surface area contributed by atoms with Gasteiger partial charge >= 0.3 is 10.2 Å². The van der Waals surface area contributed by atoms with Gasteiger partial charge in [-0.3, -0.25) is 4.72 Å². The highest BCUT2D eigenvalue weighted by atomic mass is 32.2. The Hall–Kier alpha value is -1.16. The van der Waals surface area contributed by atoms with Gasteiger partial charge in [0, 0.05) is 18.8 Å². The third-order valence-electron chi connectivity index (χ3n) is 3.08. The van der Waals surface area contributed by atoms with Crippen molar-refractivity contribution in [3.05, 3.63) is 24.3 Å². The van der Waals surface area contributed by atoms with E-state index in [9.17, 15) is 16.8 Å². The summed E-state index contributed by atoms with van der Waals surface area (Å²) in [6.45, 7) is 1.01. The van der Waals surface area contributed by atoms with Crippen molar-refractivity contribution >= 4 is 25.9 Å². The van der Waals surface area contributed by atoms with Gasteiger partial charge in [0.05, 0.1) is 4.90 Å². The Morgan fingerprint density at radius 3 is 2.00 bits per heavy atom. The highest BCUT2D eigenvalue weighted by molar-refractivity contribution is 7.90. The molecular formula is C11H17N3O4S2. The standard InChI is InChI=1S/C11H17N3O4S2/c12-19(15,16)11-6-4-10(5-7-11)13-20(17,18)14-8-2-1-3-9-14/h4-7,13H,1-3,8-9H2,(H2,12,15,16). The molecule has 1 aromatic carbocycles. The van der Waals surface area contributed by atoms with Crippen LogP contribution < -0.4 is 9.86 Å². The highest BCUT2D eigenvalue weighted by Gasteiger charge is 2.23. The number of nitrogens with zero attached hydrogens (tertiary/aromatic N) is 1. The van der Waals surface area contributed by atoms with E-state index < -0.39 is 20.2 Å². The molecule has 0 aliphatic carbocycles. The van der Waals surface area contributed by atoms with E-state index >= 15 is 0 Å². The lowest BCUT2D eigenvalue weighted by Crippen LogP contribution is -2.39. The number of anilines is 1. The molecule has 0 radical (unpaired) electrons. The predicted octanol–water partition coefficient (Wildman–Crippen LogP) is 0.477. The molecule has 2 rings (SSSR count). The first-order valence-corrected chi connectivity index (χ1v) is 9.18. The van der Waals surface area contributed by atoms with Crippen molar-refractivity contribution in [3.8, 4) is 0 Å². The molecule has 1 heterocycles. The average molecular weight is 319 g/mol. The lowest BCUT2D eigenvalue weighted by atomic mass is 10.2. The lowest BCUT2D eigenvalue weighted by molar-refractivity contribution is 0.349. The Balaban J connectivity index is 2.13. The van der Waals surface area contributed by atoms with E-state index in [1.807, 2.05) is 0 Å². The van der Waals surface area contributed by atoms with Crippen molar-refractivity contribution in [2.24, 2.45) is 5.14 Å². The second-order valence-corrected chi connectivity index (χ2v) is 7.87. The number of nitrogens with one attached hydrogen (secondary N) is 1. The van der Waals surface area contributed by atoms with Gasteiger partial charge in [-0.25, -0.2) is 13.6 Å². The third-order valence-corrected chi connectivity index (χ3v) is 5.55. The van der Waals surface area contributed by atoms with Crippen molar-refractivity contribution in [3.63, 3.8) is 0 Å². The summed E-state index contributed by atoms with van der Waals surface area (Å²) >= 11 is 0. The van der Waals surface area contributed by atoms with Crippen LogP contribution in [0.2, 0.25) is 0 Å². The normalized spacial score (nSPS) is 17.9. The maximum absolute atomic E-state index is 12.1. The Morgan fingerprint density at radius 2 is 1.50 bits per heavy atom. The van der Waals surface area contributed by atoms with Gasteiger partial charge in [-0.2, -0.15) is 12.7 Å². The van der Waals surface area contributed by atoms with Crippen LogP contribution in [-0.4, -0.2) is 34.2 Å². The minimum absolute atomic E-state index is 0.0570. The van der Waals surface area contributed by atoms with E-state index in [-0.39, 0.29) is 4.90 Å². The van der Waals surface area contributed by atoms with Crippen LogP contribution in [0.15, 0.2) is 29.2 Å². The molecule has 0 amide bonds. The minimum atomic E-state index is -3.77. The first kappa shape index (κ1) is 15.2. The zero-order chi connectivity index (χ0) is 14.8. The fourth-order valence-electron chi connectivity index (χ4n) is 2.03. The molecule has 1 aliphatic rings. The van der Waals surface area contributed by atoms with E-state index in [2.05, 4.69) is 4.72 Å². The number of rotatable bonds is 4. The van der Waals surface area contributed by atoms with Crippen LogP contribution in [0.5, 0.6) is 0 Å². The van der Waals surface area contributed by atoms with Crippen LogP contribution in [0.1, 0.15) is 19.3 Å². The van der Waals surface area contributed by atoms with Crippen molar-refractivity contribution in [2.45, 2.75) is 24.2 Å². The summed E-state index contributed by atoms with van der Waals surface area (Å²) < 4.78 is 50.3. The Labute approximate surface area is 119 Å². The first-order valence-electron chi connectivity index (χ1n) is 6.20. The number of benzene rings is 1. The van der Waals surface area contributed by atoms with E-state index in [1.165, 1.54) is 28.6 Å². The molecule has 7 nitrogen and oxygen atoms in total. The zero-order valence-electron chi connectivity index (χ0n) is 10.8. The minimum Gasteiger partial charge on any atom is -0.271 e. The molecule has 9 heteroatoms. The Kier molecular flexibility index (Phi) is 4.33. The number of sulfonamides is 1. The molecule has 1 fully saturated rings. The van der Waals surface area contributed by atoms with E-state index in [4.69, 9.17) is 5.14 Å². The summed E-state index contributed by atoms with van der Waals surface area (Å²) in [5, 5.41) is 4.98. The van der Waals surface area contributed by atoms with E-state index in [0.717, 1.165) is 19.3 Å². The van der Waals surface area contributed by atoms with Crippen LogP contribution in [0.25, 0.3) is 0 Å². The number of nitrogens with two attached hydrogens (primary N) is 1. The maximum Gasteiger partial charge on any atom is 0.301 e. The summed E-state index contributed by atoms with van der Waals surface area (Å²) in [6, 6.07) is 5.29. The van der Waals surface area contributed by atoms with Gasteiger partial charge in [0.25, 0.3) is 0 Å². The molecule has 0 saturated carbocycles. The number of hydrogen-bond acceptors (Lipinski definition) is 4. The van der Waals surface area contributed by atoms with Crippen molar-refractivity contribution in [1.82, 2.24) is 4.31 Å². The highest BCUT2D eigenvalue weighted by Crippen LogP contribution is 2.18. The topological polar surface area (TPSA) is 110 Å². The van der Waals surface area contributed by atoms with Crippen LogP contribution >= 0.6 is 0 Å². The zero-order valence-corrected chi connectivity index (χ0v) is 12.5. The van der Waals surface area contributed by atoms with Crippen LogP contribution in [0, 0.1) is 0 Å². The molecule has 20 heavy (non-hydrogen) atoms. The molecule has 0 spiro atoms. The van der Waals surface area contributed by atoms with Gasteiger partial charge in [-0.1, -0.05) is 6.42 Å². The first-order chi connectivity index (χ1) is 9.29. The molecule has 1 aromatic rings. The van der Waals surface area contributed by atoms with Gasteiger partial charge in [0.15, 0.2) is 0 Å². The molecule has 1 saturated heterocycles. The van der Waals surface area contributed by atoms with E-state index in [0.29, 0.717) is 18.8 Å². The lowest BCUT2D eigenvalue weighted by Gasteiger charge is -2.26.